The molecule has 0 bridgehead atoms. The second-order valence-corrected chi connectivity index (χ2v) is 9.35. The van der Waals surface area contributed by atoms with Crippen molar-refractivity contribution in [3.8, 4) is 0 Å². The van der Waals surface area contributed by atoms with Crippen LogP contribution in [0.1, 0.15) is 48.0 Å². The molecule has 1 unspecified atom stereocenters. The highest BCUT2D eigenvalue weighted by atomic mass is 16.2. The first-order valence-corrected chi connectivity index (χ1v) is 11.6. The van der Waals surface area contributed by atoms with E-state index in [-0.39, 0.29) is 17.7 Å². The third kappa shape index (κ3) is 5.13. The van der Waals surface area contributed by atoms with Crippen LogP contribution in [-0.2, 0) is 4.79 Å². The molecule has 2 N–H and O–H groups in total. The van der Waals surface area contributed by atoms with Crippen molar-refractivity contribution in [3.05, 3.63) is 53.6 Å². The van der Waals surface area contributed by atoms with Crippen molar-refractivity contribution in [2.75, 3.05) is 42.7 Å². The number of nitrogens with one attached hydrogen (secondary N) is 2. The van der Waals surface area contributed by atoms with Crippen molar-refractivity contribution >= 4 is 28.9 Å². The van der Waals surface area contributed by atoms with Crippen molar-refractivity contribution in [1.82, 2.24) is 4.90 Å². The Balaban J connectivity index is 1.35. The average Bonchev–Trinajstić information content (AvgIpc) is 3.48. The van der Waals surface area contributed by atoms with Crippen LogP contribution < -0.4 is 15.5 Å². The molecule has 170 valence electrons. The van der Waals surface area contributed by atoms with E-state index in [0.717, 1.165) is 55.7 Å². The Morgan fingerprint density at radius 1 is 0.969 bits per heavy atom. The molecule has 2 fully saturated rings. The molecule has 0 aromatic heterocycles. The molecule has 0 radical (unpaired) electrons. The Labute approximate surface area is 191 Å². The number of nitrogens with zero attached hydrogens (tertiary/aromatic N) is 2. The Bertz CT molecular complexity index is 964. The normalized spacial score (nSPS) is 18.9. The Morgan fingerprint density at radius 2 is 1.69 bits per heavy atom. The van der Waals surface area contributed by atoms with Crippen LogP contribution in [0, 0.1) is 12.8 Å². The number of aryl methyl sites for hydroxylation is 1. The summed E-state index contributed by atoms with van der Waals surface area (Å²) in [6.07, 6.45) is 5.37. The fourth-order valence-corrected chi connectivity index (χ4v) is 4.72. The lowest BCUT2D eigenvalue weighted by atomic mass is 10.1. The maximum Gasteiger partial charge on any atom is 0.255 e. The Hall–Kier alpha value is -2.86. The van der Waals surface area contributed by atoms with Gasteiger partial charge in [0, 0.05) is 47.7 Å². The summed E-state index contributed by atoms with van der Waals surface area (Å²) in [6.45, 7) is 4.01. The van der Waals surface area contributed by atoms with E-state index in [4.69, 9.17) is 0 Å². The number of rotatable bonds is 6. The van der Waals surface area contributed by atoms with Crippen LogP contribution in [0.15, 0.2) is 42.5 Å². The molecular weight excluding hydrogens is 400 g/mol. The minimum atomic E-state index is -0.150. The molecule has 1 saturated carbocycles. The van der Waals surface area contributed by atoms with Gasteiger partial charge >= 0.3 is 0 Å². The van der Waals surface area contributed by atoms with Gasteiger partial charge in [-0.25, -0.2) is 0 Å². The van der Waals surface area contributed by atoms with Gasteiger partial charge in [0.25, 0.3) is 5.91 Å². The molecule has 2 aromatic rings. The van der Waals surface area contributed by atoms with E-state index >= 15 is 0 Å². The quantitative estimate of drug-likeness (QED) is 0.702. The number of carbonyl (C=O) groups is 2. The van der Waals surface area contributed by atoms with Gasteiger partial charge in [-0.15, -0.1) is 0 Å². The van der Waals surface area contributed by atoms with E-state index in [1.165, 1.54) is 12.1 Å². The topological polar surface area (TPSA) is 64.7 Å². The average molecular weight is 435 g/mol. The van der Waals surface area contributed by atoms with E-state index in [2.05, 4.69) is 46.7 Å². The van der Waals surface area contributed by atoms with Crippen LogP contribution in [0.4, 0.5) is 17.1 Å². The third-order valence-electron chi connectivity index (χ3n) is 6.86. The van der Waals surface area contributed by atoms with Crippen LogP contribution in [0.5, 0.6) is 0 Å². The third-order valence-corrected chi connectivity index (χ3v) is 6.86. The van der Waals surface area contributed by atoms with Gasteiger partial charge in [0.1, 0.15) is 0 Å². The van der Waals surface area contributed by atoms with Gasteiger partial charge in [0.15, 0.2) is 0 Å². The molecule has 0 spiro atoms. The Morgan fingerprint density at radius 3 is 2.31 bits per heavy atom. The molecule has 1 aliphatic carbocycles. The smallest absolute Gasteiger partial charge is 0.255 e. The lowest BCUT2D eigenvalue weighted by molar-refractivity contribution is -0.119. The van der Waals surface area contributed by atoms with Gasteiger partial charge < -0.3 is 20.4 Å². The number of hydrogen-bond acceptors (Lipinski definition) is 4. The predicted octanol–water partition coefficient (Wildman–Crippen LogP) is 4.52. The summed E-state index contributed by atoms with van der Waals surface area (Å²) in [5.74, 6) is 0.0656. The molecule has 1 saturated heterocycles. The number of hydrogen-bond donors (Lipinski definition) is 2. The van der Waals surface area contributed by atoms with Gasteiger partial charge in [0.05, 0.1) is 0 Å². The first kappa shape index (κ1) is 22.3. The molecule has 4 rings (SSSR count). The maximum absolute atomic E-state index is 12.8. The van der Waals surface area contributed by atoms with Gasteiger partial charge in [-0.05, 0) is 88.3 Å². The summed E-state index contributed by atoms with van der Waals surface area (Å²) < 4.78 is 0. The highest BCUT2D eigenvalue weighted by molar-refractivity contribution is 6.05. The predicted molar refractivity (Wildman–Crippen MR) is 130 cm³/mol. The molecule has 1 heterocycles. The SMILES string of the molecule is Cc1cc(C(=O)Nc2ccc(N3CCC(N(C)C)C3)cc2)ccc1NC(=O)C1CCCC1. The molecule has 2 amide bonds. The molecular formula is C26H34N4O2. The molecule has 1 aliphatic heterocycles. The minimum Gasteiger partial charge on any atom is -0.370 e. The highest BCUT2D eigenvalue weighted by Crippen LogP contribution is 2.27. The largest absolute Gasteiger partial charge is 0.370 e. The van der Waals surface area contributed by atoms with Gasteiger partial charge in [-0.1, -0.05) is 12.8 Å². The number of anilines is 3. The van der Waals surface area contributed by atoms with E-state index in [0.29, 0.717) is 11.6 Å². The maximum atomic E-state index is 12.8. The fourth-order valence-electron chi connectivity index (χ4n) is 4.72. The molecule has 2 aliphatic rings. The van der Waals surface area contributed by atoms with E-state index < -0.39 is 0 Å². The molecule has 1 atom stereocenters. The molecule has 6 nitrogen and oxygen atoms in total. The van der Waals surface area contributed by atoms with Gasteiger partial charge in [0.2, 0.25) is 5.91 Å². The zero-order valence-corrected chi connectivity index (χ0v) is 19.4. The van der Waals surface area contributed by atoms with Crippen LogP contribution in [0.3, 0.4) is 0 Å². The van der Waals surface area contributed by atoms with Crippen LogP contribution >= 0.6 is 0 Å². The number of benzene rings is 2. The monoisotopic (exact) mass is 434 g/mol. The minimum absolute atomic E-state index is 0.0952. The first-order chi connectivity index (χ1) is 15.4. The lowest BCUT2D eigenvalue weighted by Gasteiger charge is -2.22. The second kappa shape index (κ2) is 9.74. The fraction of sp³-hybridized carbons (Fsp3) is 0.462. The van der Waals surface area contributed by atoms with Crippen LogP contribution in [0.2, 0.25) is 0 Å². The molecule has 32 heavy (non-hydrogen) atoms. The van der Waals surface area contributed by atoms with Crippen molar-refractivity contribution in [2.45, 2.75) is 45.1 Å². The summed E-state index contributed by atoms with van der Waals surface area (Å²) in [4.78, 5) is 29.8. The summed E-state index contributed by atoms with van der Waals surface area (Å²) in [6, 6.07) is 14.1. The summed E-state index contributed by atoms with van der Waals surface area (Å²) in [5.41, 5.74) is 4.22. The molecule has 2 aromatic carbocycles. The van der Waals surface area contributed by atoms with Crippen LogP contribution in [-0.4, -0.2) is 49.9 Å². The summed E-state index contributed by atoms with van der Waals surface area (Å²) in [7, 11) is 4.26. The standard InChI is InChI=1S/C26H34N4O2/c1-18-16-20(8-13-24(18)28-25(31)19-6-4-5-7-19)26(32)27-21-9-11-22(12-10-21)30-15-14-23(17-30)29(2)3/h8-13,16,19,23H,4-7,14-15,17H2,1-3H3,(H,27,32)(H,28,31). The van der Waals surface area contributed by atoms with Crippen molar-refractivity contribution in [3.63, 3.8) is 0 Å². The van der Waals surface area contributed by atoms with E-state index in [1.54, 1.807) is 6.07 Å². The Kier molecular flexibility index (Phi) is 6.80. The summed E-state index contributed by atoms with van der Waals surface area (Å²) in [5, 5.41) is 6.01. The number of amides is 2. The van der Waals surface area contributed by atoms with Crippen molar-refractivity contribution in [2.24, 2.45) is 5.92 Å². The van der Waals surface area contributed by atoms with E-state index in [1.807, 2.05) is 31.2 Å². The van der Waals surface area contributed by atoms with E-state index in [9.17, 15) is 9.59 Å². The summed E-state index contributed by atoms with van der Waals surface area (Å²) >= 11 is 0. The second-order valence-electron chi connectivity index (χ2n) is 9.35. The zero-order valence-electron chi connectivity index (χ0n) is 19.4. The van der Waals surface area contributed by atoms with Crippen molar-refractivity contribution < 1.29 is 9.59 Å². The highest BCUT2D eigenvalue weighted by Gasteiger charge is 2.24. The van der Waals surface area contributed by atoms with Gasteiger partial charge in [-0.2, -0.15) is 0 Å². The van der Waals surface area contributed by atoms with Gasteiger partial charge in [-0.3, -0.25) is 9.59 Å². The zero-order chi connectivity index (χ0) is 22.7. The van der Waals surface area contributed by atoms with Crippen LogP contribution in [0.25, 0.3) is 0 Å². The molecule has 6 heteroatoms. The van der Waals surface area contributed by atoms with Crippen molar-refractivity contribution in [1.29, 1.82) is 0 Å². The number of carbonyl (C=O) groups excluding carboxylic acids is 2. The number of likely N-dealkylation sites (N-methyl/N-ethyl adjacent to an activating group) is 1. The lowest BCUT2D eigenvalue weighted by Crippen LogP contribution is -2.31. The first-order valence-electron chi connectivity index (χ1n) is 11.6.